The van der Waals surface area contributed by atoms with E-state index in [2.05, 4.69) is 15.8 Å². The molecule has 70 heavy (non-hydrogen) atoms. The quantitative estimate of drug-likeness (QED) is 0.0322. The number of esters is 1. The highest BCUT2D eigenvalue weighted by atomic mass is 16.7. The van der Waals surface area contributed by atoms with E-state index in [1.54, 1.807) is 94.4 Å². The number of aromatic hydroxyl groups is 3. The number of hydrogen-bond acceptors (Lipinski definition) is 15. The van der Waals surface area contributed by atoms with Gasteiger partial charge in [-0.3, -0.25) is 19.2 Å². The van der Waals surface area contributed by atoms with Crippen molar-refractivity contribution in [2.45, 2.75) is 91.0 Å². The molecular formula is C53H61N3O14. The molecule has 0 spiro atoms. The van der Waals surface area contributed by atoms with E-state index in [1.165, 1.54) is 53.0 Å². The second-order valence-corrected chi connectivity index (χ2v) is 18.1. The smallest absolute Gasteiger partial charge is 0.312 e. The zero-order chi connectivity index (χ0) is 51.4. The Balaban J connectivity index is 1.53. The standard InChI is InChI=1S/C53H61N3O14/c1-27-17-16-18-28(2)50(65)55-41-36(25-54-56-51(66)53(26-57,34-19-12-10-13-20-34)35-21-14-11-15-22-35)45(62)38-39(46(41)63)44(61)32(6)48-40(38)49(64)52(8,70-48)68-24-23-37(67-9)29(3)47(69-33(7)58)31(5)43(60)30(4)42(27)59/h10-25,27,29-31,37,42-43,47,57,59-63H,26H2,1-9H3,(H,55,65)(H,56,66)/b17-16+,24-23+,28-18+,54-25+. The highest BCUT2D eigenvalue weighted by Crippen LogP contribution is 2.55. The Kier molecular flexibility index (Phi) is 15.9. The molecule has 0 radical (unpaired) electrons. The molecule has 3 aliphatic heterocycles. The normalized spacial score (nSPS) is 27.3. The number of hydrazone groups is 1. The number of nitrogens with one attached hydrogen (secondary N) is 2. The maximum absolute atomic E-state index is 14.6. The molecule has 5 bridgehead atoms. The van der Waals surface area contributed by atoms with Crippen molar-refractivity contribution >= 4 is 46.2 Å². The van der Waals surface area contributed by atoms with Gasteiger partial charge in [-0.2, -0.15) is 5.10 Å². The average Bonchev–Trinajstić information content (AvgIpc) is 3.61. The summed E-state index contributed by atoms with van der Waals surface area (Å²) in [6, 6.07) is 17.0. The lowest BCUT2D eigenvalue weighted by molar-refractivity contribution is -0.160. The lowest BCUT2D eigenvalue weighted by atomic mass is 9.74. The second-order valence-electron chi connectivity index (χ2n) is 18.1. The van der Waals surface area contributed by atoms with E-state index in [0.29, 0.717) is 11.1 Å². The number of aliphatic hydroxyl groups is 3. The fourth-order valence-electron chi connectivity index (χ4n) is 9.25. The molecule has 0 saturated carbocycles. The first-order valence-corrected chi connectivity index (χ1v) is 22.8. The zero-order valence-corrected chi connectivity index (χ0v) is 40.5. The summed E-state index contributed by atoms with van der Waals surface area (Å²) in [6.07, 6.45) is 4.00. The third-order valence-corrected chi connectivity index (χ3v) is 13.6. The number of nitrogens with zero attached hydrogens (tertiary/aromatic N) is 1. The zero-order valence-electron chi connectivity index (χ0n) is 40.5. The van der Waals surface area contributed by atoms with Crippen LogP contribution in [0.1, 0.15) is 81.1 Å². The molecule has 17 heteroatoms. The Morgan fingerprint density at radius 1 is 0.871 bits per heavy atom. The summed E-state index contributed by atoms with van der Waals surface area (Å²) in [4.78, 5) is 55.4. The number of ketones is 1. The number of phenols is 3. The molecule has 3 heterocycles. The van der Waals surface area contributed by atoms with Crippen LogP contribution in [0.2, 0.25) is 0 Å². The highest BCUT2D eigenvalue weighted by molar-refractivity contribution is 6.24. The Labute approximate surface area is 405 Å². The van der Waals surface area contributed by atoms with E-state index in [9.17, 15) is 49.8 Å². The van der Waals surface area contributed by atoms with Crippen molar-refractivity contribution in [1.29, 1.82) is 0 Å². The van der Waals surface area contributed by atoms with Crippen LogP contribution in [0.5, 0.6) is 23.0 Å². The van der Waals surface area contributed by atoms with Gasteiger partial charge in [-0.05, 0) is 31.1 Å². The minimum Gasteiger partial charge on any atom is -0.507 e. The summed E-state index contributed by atoms with van der Waals surface area (Å²) in [5, 5.41) is 76.0. The maximum atomic E-state index is 14.6. The molecular weight excluding hydrogens is 903 g/mol. The molecule has 0 fully saturated rings. The largest absolute Gasteiger partial charge is 0.507 e. The second kappa shape index (κ2) is 21.3. The number of allylic oxidation sites excluding steroid dienone is 2. The first-order valence-electron chi connectivity index (χ1n) is 22.8. The van der Waals surface area contributed by atoms with Crippen LogP contribution in [-0.2, 0) is 34.0 Å². The fraction of sp³-hybridized carbons (Fsp3) is 0.377. The van der Waals surface area contributed by atoms with Crippen LogP contribution in [0.4, 0.5) is 5.69 Å². The summed E-state index contributed by atoms with van der Waals surface area (Å²) in [7, 11) is 1.41. The van der Waals surface area contributed by atoms with Gasteiger partial charge in [-0.15, -0.1) is 0 Å². The van der Waals surface area contributed by atoms with E-state index in [0.717, 1.165) is 12.5 Å². The Bertz CT molecular complexity index is 2710. The molecule has 3 aliphatic rings. The number of carbonyl (C=O) groups is 4. The van der Waals surface area contributed by atoms with Crippen molar-refractivity contribution in [2.75, 3.05) is 19.0 Å². The van der Waals surface area contributed by atoms with Crippen LogP contribution in [0.15, 0.2) is 102 Å². The van der Waals surface area contributed by atoms with Crippen molar-refractivity contribution in [1.82, 2.24) is 5.43 Å². The number of carbonyl (C=O) groups excluding carboxylic acids is 4. The fourth-order valence-corrected chi connectivity index (χ4v) is 9.25. The monoisotopic (exact) mass is 963 g/mol. The molecule has 0 saturated heterocycles. The lowest BCUT2D eigenvalue weighted by Gasteiger charge is -2.38. The van der Waals surface area contributed by atoms with E-state index in [-0.39, 0.29) is 22.4 Å². The van der Waals surface area contributed by atoms with Gasteiger partial charge in [0.25, 0.3) is 17.6 Å². The van der Waals surface area contributed by atoms with Crippen LogP contribution in [0.3, 0.4) is 0 Å². The molecule has 0 aromatic heterocycles. The molecule has 9 atom stereocenters. The number of anilines is 1. The van der Waals surface area contributed by atoms with Crippen molar-refractivity contribution in [3.63, 3.8) is 0 Å². The number of ether oxygens (including phenoxy) is 4. The number of amides is 2. The predicted molar refractivity (Wildman–Crippen MR) is 260 cm³/mol. The van der Waals surface area contributed by atoms with Crippen molar-refractivity contribution in [3.8, 4) is 23.0 Å². The van der Waals surface area contributed by atoms with Crippen LogP contribution in [-0.4, -0.2) is 104 Å². The first kappa shape index (κ1) is 52.3. The van der Waals surface area contributed by atoms with Gasteiger partial charge >= 0.3 is 11.8 Å². The van der Waals surface area contributed by atoms with E-state index in [4.69, 9.17) is 18.9 Å². The Morgan fingerprint density at radius 3 is 2.06 bits per heavy atom. The topological polar surface area (TPSA) is 263 Å². The minimum atomic E-state index is -2.16. The first-order chi connectivity index (χ1) is 33.2. The van der Waals surface area contributed by atoms with Gasteiger partial charge in [0.05, 0.1) is 59.6 Å². The Hall–Kier alpha value is -7.05. The summed E-state index contributed by atoms with van der Waals surface area (Å²) < 4.78 is 23.6. The number of Topliss-reactive ketones (excluding diaryl/α,β-unsaturated/α-hetero) is 1. The predicted octanol–water partition coefficient (Wildman–Crippen LogP) is 6.18. The van der Waals surface area contributed by atoms with Crippen LogP contribution in [0.25, 0.3) is 10.8 Å². The van der Waals surface area contributed by atoms with Gasteiger partial charge in [-0.25, -0.2) is 5.43 Å². The van der Waals surface area contributed by atoms with Gasteiger partial charge in [0, 0.05) is 61.2 Å². The Morgan fingerprint density at radius 2 is 1.49 bits per heavy atom. The molecule has 9 unspecified atom stereocenters. The number of methoxy groups -OCH3 is 1. The summed E-state index contributed by atoms with van der Waals surface area (Å²) in [6.45, 7) is 11.5. The number of aliphatic hydroxyl groups excluding tert-OH is 3. The molecule has 4 aromatic carbocycles. The number of hydrogen-bond donors (Lipinski definition) is 8. The average molecular weight is 964 g/mol. The van der Waals surface area contributed by atoms with Crippen molar-refractivity contribution in [2.24, 2.45) is 28.8 Å². The SMILES string of the molecule is COC1/C=C/OC2(C)Oc3c(C)c(O)c4c(O)c(c(/C=N/NC(=O)C(CO)(c5ccccc5)c5ccccc5)c(O)c4c3C2=O)NC(=O)/C(C)=C/C=C/C(C)C(O)C(C)C(O)C(C)C(OC(C)=O)C1C. The van der Waals surface area contributed by atoms with Gasteiger partial charge in [0.15, 0.2) is 5.75 Å². The molecule has 372 valence electrons. The van der Waals surface area contributed by atoms with Gasteiger partial charge in [-0.1, -0.05) is 107 Å². The lowest BCUT2D eigenvalue weighted by Crippen LogP contribution is -2.46. The van der Waals surface area contributed by atoms with Crippen molar-refractivity contribution < 1.29 is 68.8 Å². The van der Waals surface area contributed by atoms with Gasteiger partial charge in [0.2, 0.25) is 0 Å². The number of benzene rings is 4. The molecule has 17 nitrogen and oxygen atoms in total. The third-order valence-electron chi connectivity index (χ3n) is 13.6. The maximum Gasteiger partial charge on any atom is 0.312 e. The number of rotatable bonds is 8. The van der Waals surface area contributed by atoms with Crippen LogP contribution in [0, 0.1) is 30.6 Å². The van der Waals surface area contributed by atoms with Crippen LogP contribution >= 0.6 is 0 Å². The molecule has 7 rings (SSSR count). The summed E-state index contributed by atoms with van der Waals surface area (Å²) in [5.74, 6) is -10.3. The third kappa shape index (κ3) is 9.74. The molecule has 0 aliphatic carbocycles. The van der Waals surface area contributed by atoms with Crippen molar-refractivity contribution in [3.05, 3.63) is 125 Å². The molecule has 8 N–H and O–H groups in total. The van der Waals surface area contributed by atoms with E-state index < -0.39 is 129 Å². The number of phenolic OH excluding ortho intramolecular Hbond substituents is 3. The highest BCUT2D eigenvalue weighted by Gasteiger charge is 2.50. The van der Waals surface area contributed by atoms with E-state index in [1.807, 2.05) is 0 Å². The minimum absolute atomic E-state index is 0.0348. The summed E-state index contributed by atoms with van der Waals surface area (Å²) >= 11 is 0. The summed E-state index contributed by atoms with van der Waals surface area (Å²) in [5.41, 5.74) is 0.439. The van der Waals surface area contributed by atoms with Crippen LogP contribution < -0.4 is 15.5 Å². The van der Waals surface area contributed by atoms with Gasteiger partial charge < -0.3 is 54.9 Å². The number of fused-ring (bicyclic) bond motifs is 14. The molecule has 2 amide bonds. The molecule has 4 aromatic rings. The van der Waals surface area contributed by atoms with E-state index >= 15 is 0 Å². The van der Waals surface area contributed by atoms with Gasteiger partial charge in [0.1, 0.15) is 28.8 Å².